The van der Waals surface area contributed by atoms with Crippen LogP contribution in [0.3, 0.4) is 0 Å². The molecule has 0 saturated carbocycles. The van der Waals surface area contributed by atoms with Crippen LogP contribution in [0.4, 0.5) is 13.2 Å². The first-order chi connectivity index (χ1) is 14.9. The molecule has 0 radical (unpaired) electrons. The number of hydrogen-bond acceptors (Lipinski definition) is 7. The minimum Gasteiger partial charge on any atom is -0.496 e. The van der Waals surface area contributed by atoms with Crippen LogP contribution in [0.25, 0.3) is 22.4 Å². The number of hydrogen-bond donors (Lipinski definition) is 0. The molecule has 0 bridgehead atoms. The van der Waals surface area contributed by atoms with Crippen LogP contribution >= 0.6 is 11.8 Å². The van der Waals surface area contributed by atoms with Crippen molar-refractivity contribution < 1.29 is 27.1 Å². The molecule has 0 spiro atoms. The van der Waals surface area contributed by atoms with E-state index in [1.54, 1.807) is 24.1 Å². The lowest BCUT2D eigenvalue weighted by molar-refractivity contribution is -0.138. The number of methoxy groups -OCH3 is 2. The summed E-state index contributed by atoms with van der Waals surface area (Å²) in [5.41, 5.74) is 1.26. The maximum atomic E-state index is 13.2. The van der Waals surface area contributed by atoms with Crippen LogP contribution in [0.15, 0.2) is 52.2 Å². The summed E-state index contributed by atoms with van der Waals surface area (Å²) in [6.45, 7) is 0.339. The average Bonchev–Trinajstić information content (AvgIpc) is 3.39. The van der Waals surface area contributed by atoms with Crippen molar-refractivity contribution in [2.45, 2.75) is 23.9 Å². The van der Waals surface area contributed by atoms with Crippen molar-refractivity contribution in [1.29, 1.82) is 0 Å². The zero-order valence-electron chi connectivity index (χ0n) is 16.5. The number of nitrogens with zero attached hydrogens (tertiary/aromatic N) is 4. The summed E-state index contributed by atoms with van der Waals surface area (Å²) in [6.07, 6.45) is -2.79. The van der Waals surface area contributed by atoms with Crippen molar-refractivity contribution in [3.05, 3.63) is 53.7 Å². The van der Waals surface area contributed by atoms with Gasteiger partial charge in [0.05, 0.1) is 24.4 Å². The Morgan fingerprint density at radius 3 is 2.68 bits per heavy atom. The molecule has 4 aromatic rings. The third kappa shape index (κ3) is 4.52. The molecular weight excluding hydrogens is 433 g/mol. The molecule has 0 aliphatic rings. The largest absolute Gasteiger partial charge is 0.496 e. The van der Waals surface area contributed by atoms with Gasteiger partial charge in [0.2, 0.25) is 5.89 Å². The molecule has 0 fully saturated rings. The number of ether oxygens (including phenoxy) is 2. The Morgan fingerprint density at radius 2 is 1.94 bits per heavy atom. The van der Waals surface area contributed by atoms with Crippen molar-refractivity contribution >= 4 is 22.7 Å². The highest BCUT2D eigenvalue weighted by Crippen LogP contribution is 2.37. The van der Waals surface area contributed by atoms with Crippen LogP contribution in [-0.2, 0) is 23.4 Å². The fourth-order valence-corrected chi connectivity index (χ4v) is 3.75. The van der Waals surface area contributed by atoms with E-state index >= 15 is 0 Å². The van der Waals surface area contributed by atoms with Crippen LogP contribution in [-0.4, -0.2) is 34.2 Å². The third-order valence-electron chi connectivity index (χ3n) is 4.48. The molecule has 0 aliphatic heterocycles. The molecule has 2 aromatic heterocycles. The first-order valence-electron chi connectivity index (χ1n) is 9.04. The number of thioether (sulfide) groups is 1. The highest BCUT2D eigenvalue weighted by Gasteiger charge is 2.34. The van der Waals surface area contributed by atoms with Gasteiger partial charge in [-0.3, -0.25) is 0 Å². The van der Waals surface area contributed by atoms with Gasteiger partial charge in [-0.2, -0.15) is 18.3 Å². The summed E-state index contributed by atoms with van der Waals surface area (Å²) >= 11 is 1.15. The Morgan fingerprint density at radius 1 is 1.10 bits per heavy atom. The molecule has 7 nitrogen and oxygen atoms in total. The second-order valence-electron chi connectivity index (χ2n) is 6.53. The Hall–Kier alpha value is -3.05. The van der Waals surface area contributed by atoms with Gasteiger partial charge in [-0.25, -0.2) is 4.68 Å². The molecule has 4 rings (SSSR count). The first-order valence-corrected chi connectivity index (χ1v) is 10.0. The lowest BCUT2D eigenvalue weighted by Crippen LogP contribution is -2.08. The average molecular weight is 450 g/mol. The van der Waals surface area contributed by atoms with Crippen LogP contribution in [0.2, 0.25) is 0 Å². The standard InChI is InChI=1S/C20H17F3N4O3S/c1-28-11-27-16-5-4-13(8-14(16)9-24-27)18-25-26-19(30-18)31-10-12-3-6-17(29-2)15(7-12)20(21,22)23/h3-9H,10-11H2,1-2H3. The van der Waals surface area contributed by atoms with Crippen LogP contribution in [0, 0.1) is 0 Å². The highest BCUT2D eigenvalue weighted by atomic mass is 32.2. The Kier molecular flexibility index (Phi) is 5.88. The molecule has 0 unspecified atom stereocenters. The number of fused-ring (bicyclic) bond motifs is 1. The first kappa shape index (κ1) is 21.2. The molecule has 31 heavy (non-hydrogen) atoms. The number of rotatable bonds is 7. The van der Waals surface area contributed by atoms with Crippen LogP contribution in [0.1, 0.15) is 11.1 Å². The Labute approximate surface area is 179 Å². The molecule has 2 aromatic carbocycles. The van der Waals surface area contributed by atoms with E-state index in [0.717, 1.165) is 28.7 Å². The Balaban J connectivity index is 1.49. The van der Waals surface area contributed by atoms with Crippen molar-refractivity contribution in [3.63, 3.8) is 0 Å². The second-order valence-corrected chi connectivity index (χ2v) is 7.46. The molecule has 0 saturated heterocycles. The fourth-order valence-electron chi connectivity index (χ4n) is 3.04. The van der Waals surface area contributed by atoms with Gasteiger partial charge in [0.1, 0.15) is 12.5 Å². The summed E-state index contributed by atoms with van der Waals surface area (Å²) in [5.74, 6) is 0.331. The van der Waals surface area contributed by atoms with Gasteiger partial charge < -0.3 is 13.9 Å². The van der Waals surface area contributed by atoms with Crippen LogP contribution < -0.4 is 4.74 Å². The van der Waals surface area contributed by atoms with Gasteiger partial charge in [-0.05, 0) is 35.9 Å². The van der Waals surface area contributed by atoms with Gasteiger partial charge >= 0.3 is 6.18 Å². The molecule has 0 aliphatic carbocycles. The van der Waals surface area contributed by atoms with E-state index in [0.29, 0.717) is 23.7 Å². The quantitative estimate of drug-likeness (QED) is 0.367. The van der Waals surface area contributed by atoms with Crippen molar-refractivity contribution in [2.24, 2.45) is 0 Å². The topological polar surface area (TPSA) is 75.2 Å². The predicted molar refractivity (Wildman–Crippen MR) is 108 cm³/mol. The van der Waals surface area contributed by atoms with E-state index < -0.39 is 11.7 Å². The molecule has 2 heterocycles. The smallest absolute Gasteiger partial charge is 0.419 e. The van der Waals surface area contributed by atoms with E-state index in [2.05, 4.69) is 15.3 Å². The maximum Gasteiger partial charge on any atom is 0.419 e. The second kappa shape index (κ2) is 8.60. The fraction of sp³-hybridized carbons (Fsp3) is 0.250. The summed E-state index contributed by atoms with van der Waals surface area (Å²) in [4.78, 5) is 0. The van der Waals surface area contributed by atoms with Crippen molar-refractivity contribution in [1.82, 2.24) is 20.0 Å². The van der Waals surface area contributed by atoms with Gasteiger partial charge in [0.25, 0.3) is 5.22 Å². The molecule has 162 valence electrons. The summed E-state index contributed by atoms with van der Waals surface area (Å²) in [5, 5.41) is 13.4. The zero-order chi connectivity index (χ0) is 22.0. The van der Waals surface area contributed by atoms with E-state index in [9.17, 15) is 13.2 Å². The summed E-state index contributed by atoms with van der Waals surface area (Å²) in [7, 11) is 2.80. The lowest BCUT2D eigenvalue weighted by atomic mass is 10.1. The Bertz CT molecular complexity index is 1210. The number of aromatic nitrogens is 4. The van der Waals surface area contributed by atoms with Crippen molar-refractivity contribution in [2.75, 3.05) is 14.2 Å². The van der Waals surface area contributed by atoms with E-state index in [4.69, 9.17) is 13.9 Å². The van der Waals surface area contributed by atoms with Crippen LogP contribution in [0.5, 0.6) is 5.75 Å². The van der Waals surface area contributed by atoms with E-state index in [-0.39, 0.29) is 16.7 Å². The van der Waals surface area contributed by atoms with E-state index in [1.165, 1.54) is 13.2 Å². The zero-order valence-corrected chi connectivity index (χ0v) is 17.3. The van der Waals surface area contributed by atoms with Crippen molar-refractivity contribution in [3.8, 4) is 17.2 Å². The van der Waals surface area contributed by atoms with Gasteiger partial charge in [-0.15, -0.1) is 10.2 Å². The summed E-state index contributed by atoms with van der Waals surface area (Å²) < 4.78 is 56.9. The maximum absolute atomic E-state index is 13.2. The minimum absolute atomic E-state index is 0.217. The SMILES string of the molecule is COCn1ncc2cc(-c3nnc(SCc4ccc(OC)c(C(F)(F)F)c4)o3)ccc21. The molecule has 11 heteroatoms. The van der Waals surface area contributed by atoms with E-state index in [1.807, 2.05) is 18.2 Å². The van der Waals surface area contributed by atoms with Gasteiger partial charge in [0, 0.05) is 23.8 Å². The van der Waals surface area contributed by atoms with Gasteiger partial charge in [0.15, 0.2) is 0 Å². The van der Waals surface area contributed by atoms with Gasteiger partial charge in [-0.1, -0.05) is 17.8 Å². The molecule has 0 N–H and O–H groups in total. The number of halogens is 3. The number of alkyl halides is 3. The monoisotopic (exact) mass is 450 g/mol. The summed E-state index contributed by atoms with van der Waals surface area (Å²) in [6, 6.07) is 9.52. The predicted octanol–water partition coefficient (Wildman–Crippen LogP) is 5.01. The number of benzene rings is 2. The third-order valence-corrected chi connectivity index (χ3v) is 5.37. The minimum atomic E-state index is -4.50. The normalized spacial score (nSPS) is 11.9. The molecule has 0 atom stereocenters. The molecular formula is C20H17F3N4O3S. The highest BCUT2D eigenvalue weighted by molar-refractivity contribution is 7.98. The lowest BCUT2D eigenvalue weighted by Gasteiger charge is -2.13. The molecule has 0 amide bonds.